The van der Waals surface area contributed by atoms with Gasteiger partial charge in [0.25, 0.3) is 0 Å². The molecule has 0 aliphatic carbocycles. The standard InChI is InChI=1S/C17H11ClF3NO3S/c1-10-5-7-11(8-6-10)26(23,24)25-14-9-15(17(19,20)21)22-16-12(14)3-2-4-13(16)18/h2-9H,1H3. The van der Waals surface area contributed by atoms with Gasteiger partial charge in [0, 0.05) is 11.5 Å². The van der Waals surface area contributed by atoms with Gasteiger partial charge in [-0.25, -0.2) is 4.98 Å². The number of halogens is 4. The number of benzene rings is 2. The van der Waals surface area contributed by atoms with Gasteiger partial charge in [-0.15, -0.1) is 0 Å². The number of para-hydroxylation sites is 1. The topological polar surface area (TPSA) is 56.3 Å². The Morgan fingerprint density at radius 3 is 2.35 bits per heavy atom. The molecular formula is C17H11ClF3NO3S. The molecule has 0 fully saturated rings. The summed E-state index contributed by atoms with van der Waals surface area (Å²) in [5, 5.41) is 0.00682. The van der Waals surface area contributed by atoms with Gasteiger partial charge in [-0.1, -0.05) is 35.4 Å². The lowest BCUT2D eigenvalue weighted by Gasteiger charge is -2.13. The zero-order valence-corrected chi connectivity index (χ0v) is 14.8. The molecule has 0 unspecified atom stereocenters. The molecule has 0 aliphatic rings. The van der Waals surface area contributed by atoms with E-state index in [0.29, 0.717) is 6.07 Å². The molecule has 0 aliphatic heterocycles. The minimum atomic E-state index is -4.79. The minimum absolute atomic E-state index is 0.0498. The van der Waals surface area contributed by atoms with Crippen LogP contribution in [0.25, 0.3) is 10.9 Å². The van der Waals surface area contributed by atoms with Crippen molar-refractivity contribution in [1.82, 2.24) is 4.98 Å². The maximum Gasteiger partial charge on any atom is 0.433 e. The third kappa shape index (κ3) is 3.61. The zero-order valence-electron chi connectivity index (χ0n) is 13.2. The maximum absolute atomic E-state index is 13.1. The normalized spacial score (nSPS) is 12.3. The van der Waals surface area contributed by atoms with Crippen LogP contribution in [0.1, 0.15) is 11.3 Å². The van der Waals surface area contributed by atoms with E-state index in [1.807, 2.05) is 0 Å². The molecule has 3 aromatic rings. The smallest absolute Gasteiger partial charge is 0.378 e. The van der Waals surface area contributed by atoms with Crippen molar-refractivity contribution in [2.24, 2.45) is 0 Å². The molecular weight excluding hydrogens is 391 g/mol. The van der Waals surface area contributed by atoms with E-state index in [2.05, 4.69) is 4.98 Å². The molecule has 0 saturated heterocycles. The summed E-state index contributed by atoms with van der Waals surface area (Å²) in [6, 6.07) is 10.5. The number of nitrogens with zero attached hydrogens (tertiary/aromatic N) is 1. The van der Waals surface area contributed by atoms with Crippen molar-refractivity contribution < 1.29 is 25.8 Å². The van der Waals surface area contributed by atoms with Crippen LogP contribution in [0, 0.1) is 6.92 Å². The fraction of sp³-hybridized carbons (Fsp3) is 0.118. The molecule has 0 atom stereocenters. The highest BCUT2D eigenvalue weighted by molar-refractivity contribution is 7.87. The first kappa shape index (κ1) is 18.5. The first-order valence-electron chi connectivity index (χ1n) is 7.25. The number of alkyl halides is 3. The lowest BCUT2D eigenvalue weighted by atomic mass is 10.2. The van der Waals surface area contributed by atoms with Crippen molar-refractivity contribution in [3.8, 4) is 5.75 Å². The minimum Gasteiger partial charge on any atom is -0.378 e. The van der Waals surface area contributed by atoms with E-state index in [4.69, 9.17) is 15.8 Å². The van der Waals surface area contributed by atoms with Crippen LogP contribution < -0.4 is 4.18 Å². The molecule has 0 spiro atoms. The van der Waals surface area contributed by atoms with Crippen LogP contribution in [-0.2, 0) is 16.3 Å². The van der Waals surface area contributed by atoms with Gasteiger partial charge in [0.15, 0.2) is 5.75 Å². The monoisotopic (exact) mass is 401 g/mol. The second kappa shape index (κ2) is 6.44. The fourth-order valence-corrected chi connectivity index (χ4v) is 3.42. The Labute approximate surface area is 152 Å². The van der Waals surface area contributed by atoms with Crippen LogP contribution in [0.2, 0.25) is 5.02 Å². The Morgan fingerprint density at radius 2 is 1.73 bits per heavy atom. The number of hydrogen-bond donors (Lipinski definition) is 0. The Kier molecular flexibility index (Phi) is 4.58. The first-order chi connectivity index (χ1) is 12.1. The van der Waals surface area contributed by atoms with E-state index in [1.165, 1.54) is 30.3 Å². The molecule has 0 bridgehead atoms. The summed E-state index contributed by atoms with van der Waals surface area (Å²) in [5.74, 6) is -0.495. The Balaban J connectivity index is 2.17. The van der Waals surface area contributed by atoms with Gasteiger partial charge in [0.05, 0.1) is 10.5 Å². The highest BCUT2D eigenvalue weighted by atomic mass is 35.5. The van der Waals surface area contributed by atoms with E-state index >= 15 is 0 Å². The molecule has 4 nitrogen and oxygen atoms in total. The van der Waals surface area contributed by atoms with Crippen LogP contribution in [0.15, 0.2) is 53.4 Å². The highest BCUT2D eigenvalue weighted by Gasteiger charge is 2.34. The quantitative estimate of drug-likeness (QED) is 0.580. The van der Waals surface area contributed by atoms with E-state index in [9.17, 15) is 21.6 Å². The first-order valence-corrected chi connectivity index (χ1v) is 9.04. The third-order valence-electron chi connectivity index (χ3n) is 3.55. The van der Waals surface area contributed by atoms with Crippen LogP contribution >= 0.6 is 11.6 Å². The van der Waals surface area contributed by atoms with Gasteiger partial charge in [-0.3, -0.25) is 0 Å². The summed E-state index contributed by atoms with van der Waals surface area (Å²) in [6.07, 6.45) is -4.79. The third-order valence-corrected chi connectivity index (χ3v) is 5.11. The Morgan fingerprint density at radius 1 is 1.08 bits per heavy atom. The Bertz CT molecular complexity index is 1080. The molecule has 0 N–H and O–H groups in total. The number of hydrogen-bond acceptors (Lipinski definition) is 4. The van der Waals surface area contributed by atoms with E-state index in [-0.39, 0.29) is 20.8 Å². The van der Waals surface area contributed by atoms with Gasteiger partial charge in [-0.2, -0.15) is 21.6 Å². The zero-order chi connectivity index (χ0) is 19.1. The van der Waals surface area contributed by atoms with Gasteiger partial charge < -0.3 is 4.18 Å². The average Bonchev–Trinajstić information content (AvgIpc) is 2.55. The van der Waals surface area contributed by atoms with Gasteiger partial charge in [0.1, 0.15) is 10.6 Å². The molecule has 136 valence electrons. The van der Waals surface area contributed by atoms with Crippen molar-refractivity contribution in [3.63, 3.8) is 0 Å². The number of pyridine rings is 1. The van der Waals surface area contributed by atoms with E-state index < -0.39 is 27.7 Å². The summed E-state index contributed by atoms with van der Waals surface area (Å²) in [4.78, 5) is 3.31. The second-order valence-corrected chi connectivity index (χ2v) is 7.44. The average molecular weight is 402 g/mol. The van der Waals surface area contributed by atoms with Crippen LogP contribution in [-0.4, -0.2) is 13.4 Å². The lowest BCUT2D eigenvalue weighted by Crippen LogP contribution is -2.13. The summed E-state index contributed by atoms with van der Waals surface area (Å²) < 4.78 is 69.2. The predicted molar refractivity (Wildman–Crippen MR) is 90.7 cm³/mol. The van der Waals surface area contributed by atoms with Gasteiger partial charge in [0.2, 0.25) is 0 Å². The van der Waals surface area contributed by atoms with Gasteiger partial charge >= 0.3 is 16.3 Å². The summed E-state index contributed by atoms with van der Waals surface area (Å²) >= 11 is 5.92. The summed E-state index contributed by atoms with van der Waals surface area (Å²) in [7, 11) is -4.33. The maximum atomic E-state index is 13.1. The van der Waals surface area contributed by atoms with Crippen molar-refractivity contribution in [3.05, 3.63) is 64.8 Å². The summed E-state index contributed by atoms with van der Waals surface area (Å²) in [5.41, 5.74) is -0.672. The van der Waals surface area contributed by atoms with Crippen molar-refractivity contribution in [2.75, 3.05) is 0 Å². The number of fused-ring (bicyclic) bond motifs is 1. The van der Waals surface area contributed by atoms with E-state index in [0.717, 1.165) is 5.56 Å². The SMILES string of the molecule is Cc1ccc(S(=O)(=O)Oc2cc(C(F)(F)F)nc3c(Cl)cccc23)cc1. The van der Waals surface area contributed by atoms with Gasteiger partial charge in [-0.05, 0) is 31.2 Å². The van der Waals surface area contributed by atoms with Crippen LogP contribution in [0.5, 0.6) is 5.75 Å². The second-order valence-electron chi connectivity index (χ2n) is 5.49. The molecule has 26 heavy (non-hydrogen) atoms. The van der Waals surface area contributed by atoms with Crippen molar-refractivity contribution in [1.29, 1.82) is 0 Å². The molecule has 1 heterocycles. The molecule has 0 saturated carbocycles. The lowest BCUT2D eigenvalue weighted by molar-refractivity contribution is -0.141. The molecule has 0 amide bonds. The summed E-state index contributed by atoms with van der Waals surface area (Å²) in [6.45, 7) is 1.77. The molecule has 3 rings (SSSR count). The fourth-order valence-electron chi connectivity index (χ4n) is 2.27. The number of aromatic nitrogens is 1. The van der Waals surface area contributed by atoms with Crippen molar-refractivity contribution in [2.45, 2.75) is 18.0 Å². The number of rotatable bonds is 3. The number of aryl methyl sites for hydroxylation is 1. The van der Waals surface area contributed by atoms with Crippen molar-refractivity contribution >= 4 is 32.6 Å². The molecule has 0 radical (unpaired) electrons. The molecule has 9 heteroatoms. The van der Waals surface area contributed by atoms with Crippen LogP contribution in [0.3, 0.4) is 0 Å². The van der Waals surface area contributed by atoms with Crippen LogP contribution in [0.4, 0.5) is 13.2 Å². The molecule has 2 aromatic carbocycles. The largest absolute Gasteiger partial charge is 0.433 e. The predicted octanol–water partition coefficient (Wildman–Crippen LogP) is 4.98. The Hall–Kier alpha value is -2.32. The molecule has 1 aromatic heterocycles. The van der Waals surface area contributed by atoms with E-state index in [1.54, 1.807) is 19.1 Å². The highest BCUT2D eigenvalue weighted by Crippen LogP contribution is 2.37.